The van der Waals surface area contributed by atoms with Crippen LogP contribution in [-0.2, 0) is 9.53 Å². The highest BCUT2D eigenvalue weighted by molar-refractivity contribution is 9.10. The molecule has 0 amide bonds. The molecule has 1 atom stereocenters. The second-order valence-electron chi connectivity index (χ2n) is 3.99. The van der Waals surface area contributed by atoms with E-state index in [1.807, 2.05) is 20.8 Å². The predicted molar refractivity (Wildman–Crippen MR) is 66.9 cm³/mol. The Bertz CT molecular complexity index is 246. The number of ether oxygens (including phenoxy) is 1. The summed E-state index contributed by atoms with van der Waals surface area (Å²) in [4.78, 5) is 10.6. The summed E-state index contributed by atoms with van der Waals surface area (Å²) in [5.41, 5.74) is 0. The third-order valence-electron chi connectivity index (χ3n) is 3.37. The van der Waals surface area contributed by atoms with Crippen LogP contribution < -0.4 is 0 Å². The van der Waals surface area contributed by atoms with Gasteiger partial charge in [-0.25, -0.2) is 4.79 Å². The van der Waals surface area contributed by atoms with Crippen molar-refractivity contribution in [3.05, 3.63) is 0 Å². The molecule has 0 bridgehead atoms. The molecule has 0 aliphatic rings. The fourth-order valence-electron chi connectivity index (χ4n) is 1.82. The number of esters is 1. The fourth-order valence-corrected chi connectivity index (χ4v) is 8.13. The molecule has 0 aromatic rings. The molecule has 1 unspecified atom stereocenters. The second-order valence-corrected chi connectivity index (χ2v) is 11.5. The monoisotopic (exact) mass is 334 g/mol. The lowest BCUT2D eigenvalue weighted by Gasteiger charge is -2.33. The van der Waals surface area contributed by atoms with E-state index in [1.54, 1.807) is 0 Å². The summed E-state index contributed by atoms with van der Waals surface area (Å²) in [6.45, 7) is 5.93. The van der Waals surface area contributed by atoms with E-state index in [1.165, 1.54) is 0 Å². The minimum atomic E-state index is -4.90. The molecule has 7 heteroatoms. The van der Waals surface area contributed by atoms with Crippen LogP contribution in [0.25, 0.3) is 0 Å². The summed E-state index contributed by atoms with van der Waals surface area (Å²) < 4.78 is 40.1. The van der Waals surface area contributed by atoms with Crippen LogP contribution >= 0.6 is 15.9 Å². The highest BCUT2D eigenvalue weighted by atomic mass is 79.9. The fraction of sp³-hybridized carbons (Fsp3) is 0.900. The SMILES string of the molecule is CC[Si](CC)(CC)C(Br)COC(=O)C(F)(F)F. The first-order valence-electron chi connectivity index (χ1n) is 5.61. The summed E-state index contributed by atoms with van der Waals surface area (Å²) in [5, 5.41) is 0. The lowest BCUT2D eigenvalue weighted by Crippen LogP contribution is -2.45. The van der Waals surface area contributed by atoms with E-state index in [-0.39, 0.29) is 11.1 Å². The Hall–Kier alpha value is -0.0431. The van der Waals surface area contributed by atoms with Crippen LogP contribution in [0.5, 0.6) is 0 Å². The molecular weight excluding hydrogens is 317 g/mol. The lowest BCUT2D eigenvalue weighted by atomic mass is 10.6. The van der Waals surface area contributed by atoms with Crippen molar-refractivity contribution in [2.24, 2.45) is 0 Å². The molecule has 0 fully saturated rings. The topological polar surface area (TPSA) is 26.3 Å². The third kappa shape index (κ3) is 4.61. The van der Waals surface area contributed by atoms with Crippen LogP contribution in [0, 0.1) is 0 Å². The molecular formula is C10H18BrF3O2Si. The zero-order valence-electron chi connectivity index (χ0n) is 10.2. The van der Waals surface area contributed by atoms with Gasteiger partial charge in [0.2, 0.25) is 0 Å². The summed E-state index contributed by atoms with van der Waals surface area (Å²) >= 11 is 3.39. The van der Waals surface area contributed by atoms with Gasteiger partial charge in [-0.2, -0.15) is 13.2 Å². The van der Waals surface area contributed by atoms with Gasteiger partial charge in [-0.15, -0.1) is 0 Å². The first kappa shape index (κ1) is 17.0. The molecule has 0 spiro atoms. The van der Waals surface area contributed by atoms with E-state index in [9.17, 15) is 18.0 Å². The Labute approximate surface area is 109 Å². The molecule has 0 aliphatic carbocycles. The van der Waals surface area contributed by atoms with Gasteiger partial charge in [-0.3, -0.25) is 0 Å². The van der Waals surface area contributed by atoms with E-state index in [2.05, 4.69) is 20.7 Å². The van der Waals surface area contributed by atoms with E-state index in [4.69, 9.17) is 0 Å². The Kier molecular flexibility index (Phi) is 6.76. The largest absolute Gasteiger partial charge is 0.490 e. The van der Waals surface area contributed by atoms with E-state index in [0.717, 1.165) is 18.1 Å². The maximum absolute atomic E-state index is 12.0. The molecule has 102 valence electrons. The van der Waals surface area contributed by atoms with Crippen LogP contribution in [0.3, 0.4) is 0 Å². The van der Waals surface area contributed by atoms with Gasteiger partial charge in [-0.05, 0) is 0 Å². The highest BCUT2D eigenvalue weighted by Gasteiger charge is 2.42. The summed E-state index contributed by atoms with van der Waals surface area (Å²) in [7, 11) is -1.67. The number of alkyl halides is 4. The van der Waals surface area contributed by atoms with Gasteiger partial charge in [0.05, 0.1) is 8.07 Å². The molecule has 17 heavy (non-hydrogen) atoms. The number of rotatable bonds is 6. The number of hydrogen-bond donors (Lipinski definition) is 0. The number of hydrogen-bond acceptors (Lipinski definition) is 2. The second kappa shape index (κ2) is 6.77. The molecule has 0 aromatic carbocycles. The van der Waals surface area contributed by atoms with Gasteiger partial charge in [-0.1, -0.05) is 54.8 Å². The Balaban J connectivity index is 4.44. The Morgan fingerprint density at radius 3 is 1.94 bits per heavy atom. The van der Waals surface area contributed by atoms with E-state index < -0.39 is 20.2 Å². The third-order valence-corrected chi connectivity index (χ3v) is 12.3. The average Bonchev–Trinajstić information content (AvgIpc) is 2.27. The van der Waals surface area contributed by atoms with Gasteiger partial charge in [0.1, 0.15) is 6.61 Å². The van der Waals surface area contributed by atoms with Gasteiger partial charge in [0.15, 0.2) is 0 Å². The molecule has 0 rings (SSSR count). The van der Waals surface area contributed by atoms with Gasteiger partial charge < -0.3 is 4.74 Å². The number of carbonyl (C=O) groups excluding carboxylic acids is 1. The summed E-state index contributed by atoms with van der Waals surface area (Å²) in [6.07, 6.45) is -4.90. The Morgan fingerprint density at radius 2 is 1.65 bits per heavy atom. The zero-order valence-corrected chi connectivity index (χ0v) is 12.8. The van der Waals surface area contributed by atoms with Crippen LogP contribution in [0.4, 0.5) is 13.2 Å². The molecule has 2 nitrogen and oxygen atoms in total. The highest BCUT2D eigenvalue weighted by Crippen LogP contribution is 2.30. The average molecular weight is 335 g/mol. The van der Waals surface area contributed by atoms with Crippen molar-refractivity contribution in [2.75, 3.05) is 6.61 Å². The van der Waals surface area contributed by atoms with Crippen molar-refractivity contribution >= 4 is 30.0 Å². The molecule has 0 aromatic heterocycles. The molecule has 0 N–H and O–H groups in total. The maximum Gasteiger partial charge on any atom is 0.490 e. The van der Waals surface area contributed by atoms with Crippen molar-refractivity contribution in [1.29, 1.82) is 0 Å². The van der Waals surface area contributed by atoms with Crippen molar-refractivity contribution in [3.63, 3.8) is 0 Å². The zero-order chi connectivity index (χ0) is 13.7. The summed E-state index contributed by atoms with van der Waals surface area (Å²) in [5.74, 6) is -2.10. The van der Waals surface area contributed by atoms with Crippen LogP contribution in [-0.4, -0.2) is 31.3 Å². The molecule has 0 aliphatic heterocycles. The minimum Gasteiger partial charge on any atom is -0.458 e. The van der Waals surface area contributed by atoms with Gasteiger partial charge >= 0.3 is 12.1 Å². The minimum absolute atomic E-state index is 0.124. The van der Waals surface area contributed by atoms with Gasteiger partial charge in [0, 0.05) is 4.45 Å². The first-order chi connectivity index (χ1) is 7.73. The lowest BCUT2D eigenvalue weighted by molar-refractivity contribution is -0.199. The predicted octanol–water partition coefficient (Wildman–Crippen LogP) is 3.90. The molecule has 0 saturated carbocycles. The number of halogens is 4. The van der Waals surface area contributed by atoms with Gasteiger partial charge in [0.25, 0.3) is 0 Å². The van der Waals surface area contributed by atoms with Crippen LogP contribution in [0.2, 0.25) is 18.1 Å². The van der Waals surface area contributed by atoms with Crippen molar-refractivity contribution < 1.29 is 22.7 Å². The Morgan fingerprint density at radius 1 is 1.24 bits per heavy atom. The normalized spacial score (nSPS) is 14.5. The van der Waals surface area contributed by atoms with Crippen molar-refractivity contribution in [1.82, 2.24) is 0 Å². The standard InChI is InChI=1S/C10H18BrF3O2Si/c1-4-17(5-2,6-3)8(11)7-16-9(15)10(12,13)14/h8H,4-7H2,1-3H3. The van der Waals surface area contributed by atoms with Crippen molar-refractivity contribution in [3.8, 4) is 0 Å². The molecule has 0 saturated heterocycles. The first-order valence-corrected chi connectivity index (χ1v) is 9.23. The molecule has 0 radical (unpaired) electrons. The smallest absolute Gasteiger partial charge is 0.458 e. The number of carbonyl (C=O) groups is 1. The summed E-state index contributed by atoms with van der Waals surface area (Å²) in [6, 6.07) is 2.87. The van der Waals surface area contributed by atoms with Crippen molar-refractivity contribution in [2.45, 2.75) is 49.5 Å². The van der Waals surface area contributed by atoms with Crippen LogP contribution in [0.15, 0.2) is 0 Å². The maximum atomic E-state index is 12.0. The molecule has 0 heterocycles. The van der Waals surface area contributed by atoms with Crippen LogP contribution in [0.1, 0.15) is 20.8 Å². The quantitative estimate of drug-likeness (QED) is 0.418. The van der Waals surface area contributed by atoms with E-state index in [0.29, 0.717) is 0 Å². The van der Waals surface area contributed by atoms with E-state index >= 15 is 0 Å².